The predicted molar refractivity (Wildman–Crippen MR) is 86.8 cm³/mol. The largest absolute Gasteiger partial charge is 0.338 e. The van der Waals surface area contributed by atoms with E-state index in [0.717, 1.165) is 10.9 Å². The minimum Gasteiger partial charge on any atom is -0.338 e. The Balaban J connectivity index is 1.77. The van der Waals surface area contributed by atoms with Crippen LogP contribution in [0.2, 0.25) is 5.02 Å². The van der Waals surface area contributed by atoms with Gasteiger partial charge in [-0.25, -0.2) is 0 Å². The third-order valence-corrected chi connectivity index (χ3v) is 3.58. The molecule has 0 aliphatic heterocycles. The number of carbonyl (C=O) groups excluding carboxylic acids is 1. The van der Waals surface area contributed by atoms with Gasteiger partial charge in [-0.2, -0.15) is 0 Å². The van der Waals surface area contributed by atoms with Gasteiger partial charge in [0.15, 0.2) is 0 Å². The normalized spacial score (nSPS) is 10.8. The van der Waals surface area contributed by atoms with Crippen LogP contribution in [0.15, 0.2) is 54.7 Å². The van der Waals surface area contributed by atoms with E-state index in [9.17, 15) is 4.79 Å². The van der Waals surface area contributed by atoms with Gasteiger partial charge in [0.2, 0.25) is 5.91 Å². The number of halogens is 1. The summed E-state index contributed by atoms with van der Waals surface area (Å²) in [6, 6.07) is 15.4. The lowest BCUT2D eigenvalue weighted by Crippen LogP contribution is -2.18. The standard InChI is InChI=1S/C17H15ClN2O/c1-12-5-6-16-13(9-12)7-8-20(16)11-17(21)19-15-4-2-3-14(18)10-15/h2-10H,11H2,1H3,(H,19,21). The lowest BCUT2D eigenvalue weighted by Gasteiger charge is -2.08. The molecule has 0 unspecified atom stereocenters. The first-order chi connectivity index (χ1) is 10.1. The molecule has 0 saturated heterocycles. The molecular weight excluding hydrogens is 284 g/mol. The SMILES string of the molecule is Cc1ccc2c(ccn2CC(=O)Nc2cccc(Cl)c2)c1. The molecule has 106 valence electrons. The van der Waals surface area contributed by atoms with E-state index in [-0.39, 0.29) is 12.5 Å². The molecule has 0 aliphatic carbocycles. The third-order valence-electron chi connectivity index (χ3n) is 3.35. The maximum atomic E-state index is 12.1. The summed E-state index contributed by atoms with van der Waals surface area (Å²) in [5, 5.41) is 4.60. The third kappa shape index (κ3) is 3.09. The number of hydrogen-bond donors (Lipinski definition) is 1. The summed E-state index contributed by atoms with van der Waals surface area (Å²) in [5.41, 5.74) is 2.98. The summed E-state index contributed by atoms with van der Waals surface area (Å²) in [7, 11) is 0. The van der Waals surface area contributed by atoms with Crippen molar-refractivity contribution < 1.29 is 4.79 Å². The summed E-state index contributed by atoms with van der Waals surface area (Å²) in [4.78, 5) is 12.1. The van der Waals surface area contributed by atoms with Gasteiger partial charge in [0, 0.05) is 22.4 Å². The Kier molecular flexibility index (Phi) is 3.67. The Labute approximate surface area is 128 Å². The van der Waals surface area contributed by atoms with Crippen LogP contribution in [0.25, 0.3) is 10.9 Å². The second-order valence-electron chi connectivity index (χ2n) is 5.06. The highest BCUT2D eigenvalue weighted by atomic mass is 35.5. The van der Waals surface area contributed by atoms with Crippen molar-refractivity contribution in [1.29, 1.82) is 0 Å². The molecule has 1 N–H and O–H groups in total. The van der Waals surface area contributed by atoms with Gasteiger partial charge in [0.25, 0.3) is 0 Å². The first-order valence-electron chi connectivity index (χ1n) is 6.73. The monoisotopic (exact) mass is 298 g/mol. The topological polar surface area (TPSA) is 34.0 Å². The van der Waals surface area contributed by atoms with Crippen LogP contribution in [0.1, 0.15) is 5.56 Å². The number of fused-ring (bicyclic) bond motifs is 1. The van der Waals surface area contributed by atoms with Crippen molar-refractivity contribution in [3.05, 3.63) is 65.3 Å². The molecule has 3 nitrogen and oxygen atoms in total. The molecule has 0 spiro atoms. The summed E-state index contributed by atoms with van der Waals surface area (Å²) in [6.07, 6.45) is 1.93. The van der Waals surface area contributed by atoms with Gasteiger partial charge < -0.3 is 9.88 Å². The van der Waals surface area contributed by atoms with Crippen molar-refractivity contribution in [1.82, 2.24) is 4.57 Å². The Morgan fingerprint density at radius 3 is 2.86 bits per heavy atom. The molecule has 0 bridgehead atoms. The van der Waals surface area contributed by atoms with Crippen LogP contribution in [-0.4, -0.2) is 10.5 Å². The molecule has 4 heteroatoms. The Bertz CT molecular complexity index is 807. The Morgan fingerprint density at radius 1 is 1.19 bits per heavy atom. The van der Waals surface area contributed by atoms with Crippen LogP contribution >= 0.6 is 11.6 Å². The van der Waals surface area contributed by atoms with Gasteiger partial charge in [-0.3, -0.25) is 4.79 Å². The van der Waals surface area contributed by atoms with Crippen LogP contribution in [-0.2, 0) is 11.3 Å². The fourth-order valence-corrected chi connectivity index (χ4v) is 2.57. The number of anilines is 1. The second-order valence-corrected chi connectivity index (χ2v) is 5.50. The van der Waals surface area contributed by atoms with Crippen molar-refractivity contribution >= 4 is 34.1 Å². The number of benzene rings is 2. The molecule has 1 aromatic heterocycles. The molecule has 21 heavy (non-hydrogen) atoms. The highest BCUT2D eigenvalue weighted by Crippen LogP contribution is 2.18. The lowest BCUT2D eigenvalue weighted by atomic mass is 10.2. The molecule has 3 rings (SSSR count). The van der Waals surface area contributed by atoms with Crippen molar-refractivity contribution in [2.75, 3.05) is 5.32 Å². The van der Waals surface area contributed by atoms with Crippen LogP contribution in [0.4, 0.5) is 5.69 Å². The lowest BCUT2D eigenvalue weighted by molar-refractivity contribution is -0.116. The Hall–Kier alpha value is -2.26. The molecular formula is C17H15ClN2O. The average molecular weight is 299 g/mol. The maximum absolute atomic E-state index is 12.1. The zero-order valence-electron chi connectivity index (χ0n) is 11.6. The zero-order valence-corrected chi connectivity index (χ0v) is 12.4. The van der Waals surface area contributed by atoms with Gasteiger partial charge >= 0.3 is 0 Å². The van der Waals surface area contributed by atoms with Gasteiger partial charge in [0.05, 0.1) is 0 Å². The van der Waals surface area contributed by atoms with Gasteiger partial charge in [0.1, 0.15) is 6.54 Å². The number of aryl methyl sites for hydroxylation is 1. The van der Waals surface area contributed by atoms with Crippen molar-refractivity contribution in [3.63, 3.8) is 0 Å². The van der Waals surface area contributed by atoms with E-state index in [4.69, 9.17) is 11.6 Å². The van der Waals surface area contributed by atoms with E-state index in [1.165, 1.54) is 5.56 Å². The maximum Gasteiger partial charge on any atom is 0.244 e. The summed E-state index contributed by atoms with van der Waals surface area (Å²) >= 11 is 5.91. The van der Waals surface area contributed by atoms with E-state index in [1.54, 1.807) is 12.1 Å². The Morgan fingerprint density at radius 2 is 2.05 bits per heavy atom. The molecule has 3 aromatic rings. The molecule has 1 heterocycles. The second kappa shape index (κ2) is 5.62. The molecule has 0 aliphatic rings. The van der Waals surface area contributed by atoms with Gasteiger partial charge in [-0.1, -0.05) is 29.3 Å². The minimum absolute atomic E-state index is 0.0738. The van der Waals surface area contributed by atoms with E-state index in [0.29, 0.717) is 10.7 Å². The fraction of sp³-hybridized carbons (Fsp3) is 0.118. The number of carbonyl (C=O) groups is 1. The number of aromatic nitrogens is 1. The highest BCUT2D eigenvalue weighted by molar-refractivity contribution is 6.30. The number of amides is 1. The highest BCUT2D eigenvalue weighted by Gasteiger charge is 2.07. The molecule has 0 radical (unpaired) electrons. The molecule has 1 amide bonds. The smallest absolute Gasteiger partial charge is 0.244 e. The summed E-state index contributed by atoms with van der Waals surface area (Å²) in [5.74, 6) is -0.0738. The molecule has 2 aromatic carbocycles. The van der Waals surface area contributed by atoms with E-state index in [2.05, 4.69) is 18.3 Å². The van der Waals surface area contributed by atoms with Crippen LogP contribution < -0.4 is 5.32 Å². The quantitative estimate of drug-likeness (QED) is 0.771. The number of rotatable bonds is 3. The molecule has 0 saturated carbocycles. The van der Waals surface area contributed by atoms with Crippen molar-refractivity contribution in [2.45, 2.75) is 13.5 Å². The first-order valence-corrected chi connectivity index (χ1v) is 7.10. The fourth-order valence-electron chi connectivity index (χ4n) is 2.38. The average Bonchev–Trinajstić information content (AvgIpc) is 2.81. The van der Waals surface area contributed by atoms with Gasteiger partial charge in [-0.15, -0.1) is 0 Å². The number of hydrogen-bond acceptors (Lipinski definition) is 1. The van der Waals surface area contributed by atoms with Crippen LogP contribution in [0.3, 0.4) is 0 Å². The van der Waals surface area contributed by atoms with E-state index < -0.39 is 0 Å². The summed E-state index contributed by atoms with van der Waals surface area (Å²) in [6.45, 7) is 2.34. The van der Waals surface area contributed by atoms with Crippen LogP contribution in [0, 0.1) is 6.92 Å². The van der Waals surface area contributed by atoms with Gasteiger partial charge in [-0.05, 0) is 48.7 Å². The molecule has 0 atom stereocenters. The number of nitrogens with zero attached hydrogens (tertiary/aromatic N) is 1. The van der Waals surface area contributed by atoms with E-state index in [1.807, 2.05) is 41.1 Å². The van der Waals surface area contributed by atoms with E-state index >= 15 is 0 Å². The summed E-state index contributed by atoms with van der Waals surface area (Å²) < 4.78 is 1.94. The minimum atomic E-state index is -0.0738. The van der Waals surface area contributed by atoms with Crippen LogP contribution in [0.5, 0.6) is 0 Å². The predicted octanol–water partition coefficient (Wildman–Crippen LogP) is 4.24. The zero-order chi connectivity index (χ0) is 14.8. The van der Waals surface area contributed by atoms with Crippen molar-refractivity contribution in [2.24, 2.45) is 0 Å². The number of nitrogens with one attached hydrogen (secondary N) is 1. The molecule has 0 fully saturated rings. The van der Waals surface area contributed by atoms with Crippen molar-refractivity contribution in [3.8, 4) is 0 Å². The first kappa shape index (κ1) is 13.7.